The van der Waals surface area contributed by atoms with Crippen molar-refractivity contribution >= 4 is 28.7 Å². The zero-order valence-electron chi connectivity index (χ0n) is 10.9. The number of carbonyl (C=O) groups excluding carboxylic acids is 3. The van der Waals surface area contributed by atoms with Gasteiger partial charge in [0.15, 0.2) is 5.78 Å². The van der Waals surface area contributed by atoms with Crippen molar-refractivity contribution in [2.75, 3.05) is 12.3 Å². The zero-order valence-corrected chi connectivity index (χ0v) is 11.8. The molecule has 1 aliphatic rings. The number of hydrogen-bond acceptors (Lipinski definition) is 4. The molecule has 0 aliphatic carbocycles. The highest BCUT2D eigenvalue weighted by Crippen LogP contribution is 2.19. The van der Waals surface area contributed by atoms with E-state index in [9.17, 15) is 14.4 Å². The first-order valence-corrected chi connectivity index (χ1v) is 7.05. The van der Waals surface area contributed by atoms with Gasteiger partial charge in [0.05, 0.1) is 6.54 Å². The van der Waals surface area contributed by atoms with E-state index in [1.807, 2.05) is 26.0 Å². The molecule has 1 heterocycles. The van der Waals surface area contributed by atoms with Gasteiger partial charge in [-0.2, -0.15) is 0 Å². The SMILES string of the molecule is Cc1ccc(C(=O)CN2C(=O)CCSC2=O)c(C)c1. The second kappa shape index (κ2) is 5.57. The second-order valence-electron chi connectivity index (χ2n) is 4.59. The van der Waals surface area contributed by atoms with Gasteiger partial charge in [-0.3, -0.25) is 19.3 Å². The number of imide groups is 1. The largest absolute Gasteiger partial charge is 0.292 e. The number of nitrogens with zero attached hydrogens (tertiary/aromatic N) is 1. The maximum atomic E-state index is 12.2. The van der Waals surface area contributed by atoms with Crippen molar-refractivity contribution in [3.63, 3.8) is 0 Å². The summed E-state index contributed by atoms with van der Waals surface area (Å²) < 4.78 is 0. The minimum Gasteiger partial charge on any atom is -0.292 e. The number of benzene rings is 1. The Bertz CT molecular complexity index is 538. The van der Waals surface area contributed by atoms with E-state index in [1.165, 1.54) is 0 Å². The molecule has 2 rings (SSSR count). The highest BCUT2D eigenvalue weighted by atomic mass is 32.2. The highest BCUT2D eigenvalue weighted by Gasteiger charge is 2.28. The maximum absolute atomic E-state index is 12.2. The molecule has 0 spiro atoms. The lowest BCUT2D eigenvalue weighted by Crippen LogP contribution is -2.41. The van der Waals surface area contributed by atoms with Crippen molar-refractivity contribution in [2.45, 2.75) is 20.3 Å². The van der Waals surface area contributed by atoms with Gasteiger partial charge < -0.3 is 0 Å². The van der Waals surface area contributed by atoms with Gasteiger partial charge in [0.1, 0.15) is 0 Å². The van der Waals surface area contributed by atoms with Gasteiger partial charge in [-0.25, -0.2) is 0 Å². The van der Waals surface area contributed by atoms with Crippen LogP contribution in [0.25, 0.3) is 0 Å². The number of amides is 2. The van der Waals surface area contributed by atoms with Gasteiger partial charge in [0, 0.05) is 17.7 Å². The maximum Gasteiger partial charge on any atom is 0.288 e. The molecule has 1 aromatic carbocycles. The van der Waals surface area contributed by atoms with Crippen LogP contribution in [0.4, 0.5) is 4.79 Å². The molecule has 1 fully saturated rings. The molecule has 1 saturated heterocycles. The molecule has 19 heavy (non-hydrogen) atoms. The Morgan fingerprint density at radius 3 is 2.68 bits per heavy atom. The Kier molecular flexibility index (Phi) is 4.04. The Balaban J connectivity index is 2.16. The number of ketones is 1. The van der Waals surface area contributed by atoms with Crippen molar-refractivity contribution < 1.29 is 14.4 Å². The van der Waals surface area contributed by atoms with Gasteiger partial charge in [-0.1, -0.05) is 35.5 Å². The number of hydrogen-bond donors (Lipinski definition) is 0. The molecule has 0 aromatic heterocycles. The molecule has 0 N–H and O–H groups in total. The van der Waals surface area contributed by atoms with E-state index in [1.54, 1.807) is 6.07 Å². The smallest absolute Gasteiger partial charge is 0.288 e. The third-order valence-corrected chi connectivity index (χ3v) is 3.92. The average Bonchev–Trinajstić information content (AvgIpc) is 2.33. The topological polar surface area (TPSA) is 54.5 Å². The van der Waals surface area contributed by atoms with Crippen molar-refractivity contribution in [1.29, 1.82) is 0 Å². The van der Waals surface area contributed by atoms with Crippen LogP contribution in [-0.4, -0.2) is 34.1 Å². The Hall–Kier alpha value is -1.62. The van der Waals surface area contributed by atoms with Crippen molar-refractivity contribution in [3.05, 3.63) is 34.9 Å². The summed E-state index contributed by atoms with van der Waals surface area (Å²) in [4.78, 5) is 36.5. The van der Waals surface area contributed by atoms with E-state index in [4.69, 9.17) is 0 Å². The van der Waals surface area contributed by atoms with E-state index in [-0.39, 0.29) is 23.5 Å². The Morgan fingerprint density at radius 1 is 1.32 bits per heavy atom. The highest BCUT2D eigenvalue weighted by molar-refractivity contribution is 8.13. The summed E-state index contributed by atoms with van der Waals surface area (Å²) in [5.41, 5.74) is 2.52. The minimum absolute atomic E-state index is 0.158. The summed E-state index contributed by atoms with van der Waals surface area (Å²) >= 11 is 1.09. The van der Waals surface area contributed by atoms with Crippen molar-refractivity contribution in [1.82, 2.24) is 4.90 Å². The molecule has 100 valence electrons. The first-order valence-electron chi connectivity index (χ1n) is 6.06. The van der Waals surface area contributed by atoms with E-state index < -0.39 is 0 Å². The minimum atomic E-state index is -0.325. The van der Waals surface area contributed by atoms with Gasteiger partial charge in [0.2, 0.25) is 5.91 Å². The number of thioether (sulfide) groups is 1. The van der Waals surface area contributed by atoms with Crippen LogP contribution >= 0.6 is 11.8 Å². The monoisotopic (exact) mass is 277 g/mol. The van der Waals surface area contributed by atoms with E-state index in [2.05, 4.69) is 0 Å². The molecule has 1 aliphatic heterocycles. The lowest BCUT2D eigenvalue weighted by molar-refractivity contribution is -0.127. The fourth-order valence-corrected chi connectivity index (χ4v) is 2.82. The lowest BCUT2D eigenvalue weighted by Gasteiger charge is -2.23. The predicted molar refractivity (Wildman–Crippen MR) is 74.4 cm³/mol. The first-order chi connectivity index (χ1) is 8.99. The molecule has 0 radical (unpaired) electrons. The molecule has 0 atom stereocenters. The van der Waals surface area contributed by atoms with Crippen LogP contribution < -0.4 is 0 Å². The van der Waals surface area contributed by atoms with Gasteiger partial charge >= 0.3 is 0 Å². The van der Waals surface area contributed by atoms with Crippen LogP contribution in [0.5, 0.6) is 0 Å². The van der Waals surface area contributed by atoms with Gasteiger partial charge in [0.25, 0.3) is 5.24 Å². The van der Waals surface area contributed by atoms with Crippen LogP contribution in [0.2, 0.25) is 0 Å². The molecule has 1 aromatic rings. The average molecular weight is 277 g/mol. The fourth-order valence-electron chi connectivity index (χ4n) is 2.05. The first kappa shape index (κ1) is 13.8. The number of Topliss-reactive ketones (excluding diaryl/α,β-unsaturated/α-hetero) is 1. The summed E-state index contributed by atoms with van der Waals surface area (Å²) in [7, 11) is 0. The summed E-state index contributed by atoms with van der Waals surface area (Å²) in [5, 5.41) is -0.325. The van der Waals surface area contributed by atoms with Crippen LogP contribution in [0.3, 0.4) is 0 Å². The predicted octanol–water partition coefficient (Wildman–Crippen LogP) is 2.57. The van der Waals surface area contributed by atoms with Crippen molar-refractivity contribution in [2.24, 2.45) is 0 Å². The summed E-state index contributed by atoms with van der Waals surface area (Å²) in [5.74, 6) is 0.0508. The second-order valence-corrected chi connectivity index (χ2v) is 5.63. The van der Waals surface area contributed by atoms with E-state index >= 15 is 0 Å². The van der Waals surface area contributed by atoms with Crippen LogP contribution in [-0.2, 0) is 4.79 Å². The fraction of sp³-hybridized carbons (Fsp3) is 0.357. The number of aryl methyl sites for hydroxylation is 2. The molecular weight excluding hydrogens is 262 g/mol. The third kappa shape index (κ3) is 3.04. The van der Waals surface area contributed by atoms with Gasteiger partial charge in [-0.05, 0) is 19.4 Å². The normalized spacial score (nSPS) is 15.8. The summed E-state index contributed by atoms with van der Waals surface area (Å²) in [6.07, 6.45) is 0.316. The molecule has 0 unspecified atom stereocenters. The molecule has 2 amide bonds. The lowest BCUT2D eigenvalue weighted by atomic mass is 10.0. The molecule has 0 bridgehead atoms. The van der Waals surface area contributed by atoms with E-state index in [0.717, 1.165) is 27.8 Å². The standard InChI is InChI=1S/C14H15NO3S/c1-9-3-4-11(10(2)7-9)12(16)8-15-13(17)5-6-19-14(15)18/h3-4,7H,5-6,8H2,1-2H3. The molecule has 0 saturated carbocycles. The quantitative estimate of drug-likeness (QED) is 0.797. The molecule has 5 heteroatoms. The van der Waals surface area contributed by atoms with E-state index in [0.29, 0.717) is 17.7 Å². The summed E-state index contributed by atoms with van der Waals surface area (Å²) in [6.45, 7) is 3.65. The van der Waals surface area contributed by atoms with Gasteiger partial charge in [-0.15, -0.1) is 0 Å². The number of rotatable bonds is 3. The Labute approximate surface area is 116 Å². The molecular formula is C14H15NO3S. The summed E-state index contributed by atoms with van der Waals surface area (Å²) in [6, 6.07) is 5.52. The van der Waals surface area contributed by atoms with Crippen LogP contribution in [0.15, 0.2) is 18.2 Å². The number of carbonyl (C=O) groups is 3. The zero-order chi connectivity index (χ0) is 14.0. The van der Waals surface area contributed by atoms with Crippen LogP contribution in [0, 0.1) is 13.8 Å². The Morgan fingerprint density at radius 2 is 2.05 bits per heavy atom. The van der Waals surface area contributed by atoms with Crippen molar-refractivity contribution in [3.8, 4) is 0 Å². The van der Waals surface area contributed by atoms with Crippen LogP contribution in [0.1, 0.15) is 27.9 Å². The molecule has 4 nitrogen and oxygen atoms in total. The third-order valence-electron chi connectivity index (χ3n) is 3.05.